The first-order valence-electron chi connectivity index (χ1n) is 9.31. The number of rotatable bonds is 0. The van der Waals surface area contributed by atoms with Crippen LogP contribution in [0.1, 0.15) is 12.8 Å². The Morgan fingerprint density at radius 3 is 3.12 bits per heavy atom. The van der Waals surface area contributed by atoms with Gasteiger partial charge in [0.15, 0.2) is 5.65 Å². The second-order valence-corrected chi connectivity index (χ2v) is 7.20. The molecule has 0 spiro atoms. The molecule has 26 heavy (non-hydrogen) atoms. The van der Waals surface area contributed by atoms with Crippen molar-refractivity contribution in [2.24, 2.45) is 0 Å². The van der Waals surface area contributed by atoms with Crippen LogP contribution in [-0.2, 0) is 0 Å². The van der Waals surface area contributed by atoms with Gasteiger partial charge < -0.3 is 9.64 Å². The zero-order valence-corrected chi connectivity index (χ0v) is 15.0. The van der Waals surface area contributed by atoms with Crippen LogP contribution in [0.3, 0.4) is 0 Å². The van der Waals surface area contributed by atoms with Crippen LogP contribution in [-0.4, -0.2) is 58.8 Å². The van der Waals surface area contributed by atoms with Crippen molar-refractivity contribution in [2.45, 2.75) is 18.9 Å². The Morgan fingerprint density at radius 1 is 1.19 bits per heavy atom. The predicted molar refractivity (Wildman–Crippen MR) is 102 cm³/mol. The van der Waals surface area contributed by atoms with Gasteiger partial charge in [0, 0.05) is 37.9 Å². The Kier molecular flexibility index (Phi) is 3.78. The Bertz CT molecular complexity index is 937. The number of anilines is 1. The molecule has 5 rings (SSSR count). The van der Waals surface area contributed by atoms with Crippen LogP contribution in [0.5, 0.6) is 5.75 Å². The summed E-state index contributed by atoms with van der Waals surface area (Å²) in [7, 11) is 2.13. The van der Waals surface area contributed by atoms with E-state index in [1.165, 1.54) is 12.8 Å². The molecule has 2 aliphatic rings. The first kappa shape index (κ1) is 15.6. The number of hydrogen-bond acceptors (Lipinski definition) is 5. The van der Waals surface area contributed by atoms with Gasteiger partial charge in [0.25, 0.3) is 0 Å². The van der Waals surface area contributed by atoms with E-state index in [1.54, 1.807) is 0 Å². The van der Waals surface area contributed by atoms with Crippen LogP contribution >= 0.6 is 0 Å². The number of ether oxygens (including phenoxy) is 1. The SMILES string of the molecule is CN1CC2CCCN2CCOc2cccc(c2)-c2cnn3ccc1nc23. The topological polar surface area (TPSA) is 45.9 Å². The van der Waals surface area contributed by atoms with Gasteiger partial charge in [0.2, 0.25) is 0 Å². The van der Waals surface area contributed by atoms with Crippen LogP contribution in [0.15, 0.2) is 42.7 Å². The molecule has 4 bridgehead atoms. The van der Waals surface area contributed by atoms with E-state index in [2.05, 4.69) is 40.1 Å². The molecule has 1 atom stereocenters. The van der Waals surface area contributed by atoms with E-state index in [0.717, 1.165) is 54.6 Å². The number of benzene rings is 1. The lowest BCUT2D eigenvalue weighted by Gasteiger charge is -2.29. The molecular formula is C20H23N5O. The minimum atomic E-state index is 0.556. The fraction of sp³-hybridized carbons (Fsp3) is 0.400. The summed E-state index contributed by atoms with van der Waals surface area (Å²) in [6.45, 7) is 3.82. The van der Waals surface area contributed by atoms with Crippen molar-refractivity contribution in [1.82, 2.24) is 19.5 Å². The Hall–Kier alpha value is -2.60. The molecule has 6 heteroatoms. The molecule has 1 unspecified atom stereocenters. The average Bonchev–Trinajstić information content (AvgIpc) is 3.27. The second-order valence-electron chi connectivity index (χ2n) is 7.20. The minimum Gasteiger partial charge on any atom is -0.492 e. The molecule has 0 amide bonds. The fourth-order valence-electron chi connectivity index (χ4n) is 4.12. The molecule has 0 N–H and O–H groups in total. The highest BCUT2D eigenvalue weighted by Gasteiger charge is 2.26. The first-order chi connectivity index (χ1) is 12.8. The lowest BCUT2D eigenvalue weighted by Crippen LogP contribution is -2.41. The number of likely N-dealkylation sites (N-methyl/N-ethyl adjacent to an activating group) is 1. The maximum absolute atomic E-state index is 6.05. The van der Waals surface area contributed by atoms with Crippen molar-refractivity contribution < 1.29 is 4.74 Å². The van der Waals surface area contributed by atoms with Gasteiger partial charge >= 0.3 is 0 Å². The molecule has 134 valence electrons. The molecule has 1 saturated heterocycles. The summed E-state index contributed by atoms with van der Waals surface area (Å²) in [6.07, 6.45) is 6.37. The fourth-order valence-corrected chi connectivity index (χ4v) is 4.12. The monoisotopic (exact) mass is 349 g/mol. The lowest BCUT2D eigenvalue weighted by molar-refractivity contribution is 0.198. The summed E-state index contributed by atoms with van der Waals surface area (Å²) in [5, 5.41) is 4.47. The summed E-state index contributed by atoms with van der Waals surface area (Å²) in [5.74, 6) is 1.90. The molecule has 2 aromatic heterocycles. The van der Waals surface area contributed by atoms with Gasteiger partial charge in [-0.25, -0.2) is 9.50 Å². The van der Waals surface area contributed by atoms with Gasteiger partial charge in [0.1, 0.15) is 18.2 Å². The number of hydrogen-bond donors (Lipinski definition) is 0. The lowest BCUT2D eigenvalue weighted by atomic mass is 10.1. The normalized spacial score (nSPS) is 20.8. The van der Waals surface area contributed by atoms with E-state index in [9.17, 15) is 0 Å². The molecule has 2 aliphatic heterocycles. The van der Waals surface area contributed by atoms with Gasteiger partial charge in [0.05, 0.1) is 6.20 Å². The van der Waals surface area contributed by atoms with Crippen molar-refractivity contribution >= 4 is 11.5 Å². The average molecular weight is 349 g/mol. The van der Waals surface area contributed by atoms with Crippen molar-refractivity contribution in [2.75, 3.05) is 38.2 Å². The predicted octanol–water partition coefficient (Wildman–Crippen LogP) is 2.69. The summed E-state index contributed by atoms with van der Waals surface area (Å²) in [5.41, 5.74) is 3.00. The third-order valence-electron chi connectivity index (χ3n) is 5.52. The third kappa shape index (κ3) is 2.70. The van der Waals surface area contributed by atoms with Crippen LogP contribution < -0.4 is 9.64 Å². The molecule has 4 heterocycles. The van der Waals surface area contributed by atoms with Crippen LogP contribution in [0.25, 0.3) is 16.8 Å². The highest BCUT2D eigenvalue weighted by Crippen LogP contribution is 2.28. The zero-order chi connectivity index (χ0) is 17.5. The Labute approximate surface area is 153 Å². The second kappa shape index (κ2) is 6.29. The van der Waals surface area contributed by atoms with Gasteiger partial charge in [-0.3, -0.25) is 4.90 Å². The van der Waals surface area contributed by atoms with Crippen LogP contribution in [0, 0.1) is 0 Å². The highest BCUT2D eigenvalue weighted by molar-refractivity contribution is 5.78. The molecule has 1 aromatic carbocycles. The zero-order valence-electron chi connectivity index (χ0n) is 15.0. The smallest absolute Gasteiger partial charge is 0.165 e. The number of nitrogens with zero attached hydrogens (tertiary/aromatic N) is 5. The molecule has 1 fully saturated rings. The number of aromatic nitrogens is 3. The summed E-state index contributed by atoms with van der Waals surface area (Å²) in [6, 6.07) is 10.8. The standard InChI is InChI=1S/C20H23N5O/c1-23-14-16-5-3-8-24(16)10-11-26-17-6-2-4-15(12-17)18-13-21-25-9-7-19(23)22-20(18)25/h2,4,6-7,9,12-13,16H,3,5,8,10-11,14H2,1H3. The van der Waals surface area contributed by atoms with Crippen molar-refractivity contribution in [3.63, 3.8) is 0 Å². The van der Waals surface area contributed by atoms with E-state index in [-0.39, 0.29) is 0 Å². The van der Waals surface area contributed by atoms with E-state index >= 15 is 0 Å². The maximum Gasteiger partial charge on any atom is 0.165 e. The summed E-state index contributed by atoms with van der Waals surface area (Å²) >= 11 is 0. The molecule has 0 saturated carbocycles. The quantitative estimate of drug-likeness (QED) is 0.624. The highest BCUT2D eigenvalue weighted by atomic mass is 16.5. The van der Waals surface area contributed by atoms with E-state index in [4.69, 9.17) is 9.72 Å². The van der Waals surface area contributed by atoms with Gasteiger partial charge in [-0.2, -0.15) is 5.10 Å². The number of fused-ring (bicyclic) bond motifs is 5. The van der Waals surface area contributed by atoms with Crippen molar-refractivity contribution in [3.05, 3.63) is 42.7 Å². The van der Waals surface area contributed by atoms with E-state index in [0.29, 0.717) is 6.04 Å². The molecule has 0 radical (unpaired) electrons. The third-order valence-corrected chi connectivity index (χ3v) is 5.52. The van der Waals surface area contributed by atoms with Gasteiger partial charge in [-0.15, -0.1) is 0 Å². The van der Waals surface area contributed by atoms with Crippen molar-refractivity contribution in [3.8, 4) is 16.9 Å². The molecule has 6 nitrogen and oxygen atoms in total. The summed E-state index contributed by atoms with van der Waals surface area (Å²) in [4.78, 5) is 9.74. The Morgan fingerprint density at radius 2 is 2.15 bits per heavy atom. The van der Waals surface area contributed by atoms with E-state index < -0.39 is 0 Å². The maximum atomic E-state index is 6.05. The minimum absolute atomic E-state index is 0.556. The summed E-state index contributed by atoms with van der Waals surface area (Å²) < 4.78 is 7.89. The van der Waals surface area contributed by atoms with Crippen molar-refractivity contribution in [1.29, 1.82) is 0 Å². The van der Waals surface area contributed by atoms with Gasteiger partial charge in [-0.05, 0) is 43.1 Å². The van der Waals surface area contributed by atoms with Crippen LogP contribution in [0.4, 0.5) is 5.82 Å². The van der Waals surface area contributed by atoms with Gasteiger partial charge in [-0.1, -0.05) is 12.1 Å². The van der Waals surface area contributed by atoms with Crippen LogP contribution in [0.2, 0.25) is 0 Å². The first-order valence-corrected chi connectivity index (χ1v) is 9.31. The molecular weight excluding hydrogens is 326 g/mol. The molecule has 3 aromatic rings. The largest absolute Gasteiger partial charge is 0.492 e. The molecule has 0 aliphatic carbocycles. The van der Waals surface area contributed by atoms with E-state index in [1.807, 2.05) is 29.0 Å². The Balaban J connectivity index is 1.62.